The van der Waals surface area contributed by atoms with Crippen LogP contribution in [0.25, 0.3) is 0 Å². The third kappa shape index (κ3) is 5.83. The molecule has 0 heterocycles. The zero-order valence-corrected chi connectivity index (χ0v) is 13.4. The quantitative estimate of drug-likeness (QED) is 0.821. The Bertz CT molecular complexity index is 250. The number of rotatable bonds is 3. The van der Waals surface area contributed by atoms with Crippen LogP contribution in [0.4, 0.5) is 0 Å². The van der Waals surface area contributed by atoms with Gasteiger partial charge in [-0.1, -0.05) is 38.5 Å². The van der Waals surface area contributed by atoms with E-state index in [2.05, 4.69) is 11.6 Å². The second-order valence-electron chi connectivity index (χ2n) is 6.75. The summed E-state index contributed by atoms with van der Waals surface area (Å²) >= 11 is 0. The summed E-state index contributed by atoms with van der Waals surface area (Å²) in [6, 6.07) is 0.378. The Kier molecular flexibility index (Phi) is 6.86. The molecule has 108 valence electrons. The van der Waals surface area contributed by atoms with Gasteiger partial charge in [0.1, 0.15) is 0 Å². The maximum absolute atomic E-state index is 12.1. The van der Waals surface area contributed by atoms with Crippen LogP contribution in [0.5, 0.6) is 0 Å². The van der Waals surface area contributed by atoms with Gasteiger partial charge in [-0.15, -0.1) is 0 Å². The van der Waals surface area contributed by atoms with E-state index in [1.807, 2.05) is 20.8 Å². The van der Waals surface area contributed by atoms with Gasteiger partial charge in [0, 0.05) is 6.04 Å². The number of hydrogen-bond donors (Lipinski definition) is 1. The van der Waals surface area contributed by atoms with Crippen molar-refractivity contribution in [3.63, 3.8) is 0 Å². The largest absolute Gasteiger partial charge is 0.242 e. The molecule has 18 heavy (non-hydrogen) atoms. The third-order valence-corrected chi connectivity index (χ3v) is 5.65. The summed E-state index contributed by atoms with van der Waals surface area (Å²) in [7, 11) is -0.933. The second-order valence-corrected chi connectivity index (χ2v) is 8.74. The fourth-order valence-corrected chi connectivity index (χ4v) is 3.49. The summed E-state index contributed by atoms with van der Waals surface area (Å²) in [5.74, 6) is 0.703. The van der Waals surface area contributed by atoms with Crippen molar-refractivity contribution in [2.45, 2.75) is 89.9 Å². The first kappa shape index (κ1) is 16.2. The molecule has 1 fully saturated rings. The van der Waals surface area contributed by atoms with Crippen molar-refractivity contribution in [3.05, 3.63) is 0 Å². The van der Waals surface area contributed by atoms with Gasteiger partial charge in [-0.25, -0.2) is 8.93 Å². The van der Waals surface area contributed by atoms with Crippen molar-refractivity contribution in [1.29, 1.82) is 0 Å². The fourth-order valence-electron chi connectivity index (χ4n) is 2.61. The highest BCUT2D eigenvalue weighted by molar-refractivity contribution is 7.84. The molecule has 1 N–H and O–H groups in total. The molecule has 2 atom stereocenters. The van der Waals surface area contributed by atoms with Crippen LogP contribution >= 0.6 is 0 Å². The van der Waals surface area contributed by atoms with Gasteiger partial charge >= 0.3 is 0 Å². The van der Waals surface area contributed by atoms with Crippen molar-refractivity contribution < 1.29 is 4.21 Å². The minimum absolute atomic E-state index is 0.160. The molecule has 0 aromatic heterocycles. The SMILES string of the molecule is CC(NS(=O)C(C)(C)C)C1CCCCCCCC1. The minimum atomic E-state index is -0.933. The first-order valence-corrected chi connectivity index (χ1v) is 8.74. The minimum Gasteiger partial charge on any atom is -0.242 e. The Labute approximate surface area is 116 Å². The van der Waals surface area contributed by atoms with E-state index in [-0.39, 0.29) is 4.75 Å². The Hall–Kier alpha value is 0.110. The van der Waals surface area contributed by atoms with Crippen molar-refractivity contribution in [2.24, 2.45) is 5.92 Å². The lowest BCUT2D eigenvalue weighted by Gasteiger charge is -2.28. The molecule has 1 aliphatic carbocycles. The van der Waals surface area contributed by atoms with Crippen molar-refractivity contribution in [2.75, 3.05) is 0 Å². The van der Waals surface area contributed by atoms with Gasteiger partial charge in [-0.2, -0.15) is 0 Å². The highest BCUT2D eigenvalue weighted by atomic mass is 32.2. The van der Waals surface area contributed by atoms with Crippen LogP contribution in [0, 0.1) is 5.92 Å². The molecule has 0 spiro atoms. The predicted molar refractivity (Wildman–Crippen MR) is 80.9 cm³/mol. The lowest BCUT2D eigenvalue weighted by molar-refractivity contribution is 0.353. The van der Waals surface area contributed by atoms with Gasteiger partial charge in [-0.05, 0) is 46.5 Å². The summed E-state index contributed by atoms with van der Waals surface area (Å²) in [6.07, 6.45) is 10.9. The molecule has 0 radical (unpaired) electrons. The van der Waals surface area contributed by atoms with E-state index in [1.165, 1.54) is 51.4 Å². The molecular weight excluding hydrogens is 242 g/mol. The molecule has 0 bridgehead atoms. The molecule has 0 aromatic carbocycles. The highest BCUT2D eigenvalue weighted by Gasteiger charge is 2.25. The van der Waals surface area contributed by atoms with Crippen molar-refractivity contribution >= 4 is 11.0 Å². The molecule has 1 rings (SSSR count). The molecule has 0 aromatic rings. The van der Waals surface area contributed by atoms with Gasteiger partial charge in [-0.3, -0.25) is 0 Å². The normalized spacial score (nSPS) is 23.8. The second kappa shape index (κ2) is 7.64. The zero-order chi connectivity index (χ0) is 13.6. The van der Waals surface area contributed by atoms with E-state index in [4.69, 9.17) is 0 Å². The van der Waals surface area contributed by atoms with Crippen LogP contribution in [0.15, 0.2) is 0 Å². The van der Waals surface area contributed by atoms with E-state index >= 15 is 0 Å². The zero-order valence-electron chi connectivity index (χ0n) is 12.6. The molecule has 0 saturated heterocycles. The topological polar surface area (TPSA) is 29.1 Å². The summed E-state index contributed by atoms with van der Waals surface area (Å²) in [6.45, 7) is 8.32. The molecule has 3 heteroatoms. The molecule has 0 aliphatic heterocycles. The van der Waals surface area contributed by atoms with E-state index in [0.29, 0.717) is 12.0 Å². The standard InChI is InChI=1S/C15H31NOS/c1-13(16-18(17)15(2,3)4)14-11-9-7-5-6-8-10-12-14/h13-14,16H,5-12H2,1-4H3. The Balaban J connectivity index is 2.47. The molecule has 0 amide bonds. The average Bonchev–Trinajstić information content (AvgIpc) is 2.40. The maximum atomic E-state index is 12.1. The Morgan fingerprint density at radius 2 is 1.44 bits per heavy atom. The predicted octanol–water partition coefficient (Wildman–Crippen LogP) is 4.18. The summed E-state index contributed by atoms with van der Waals surface area (Å²) < 4.78 is 15.3. The van der Waals surface area contributed by atoms with Gasteiger partial charge in [0.25, 0.3) is 0 Å². The summed E-state index contributed by atoms with van der Waals surface area (Å²) in [4.78, 5) is 0. The van der Waals surface area contributed by atoms with E-state index in [9.17, 15) is 4.21 Å². The van der Waals surface area contributed by atoms with E-state index < -0.39 is 11.0 Å². The highest BCUT2D eigenvalue weighted by Crippen LogP contribution is 2.25. The van der Waals surface area contributed by atoms with Crippen molar-refractivity contribution in [3.8, 4) is 0 Å². The van der Waals surface area contributed by atoms with Gasteiger partial charge in [0.05, 0.1) is 15.7 Å². The van der Waals surface area contributed by atoms with Crippen LogP contribution in [0.2, 0.25) is 0 Å². The molecule has 2 unspecified atom stereocenters. The van der Waals surface area contributed by atoms with Gasteiger partial charge in [0.15, 0.2) is 0 Å². The van der Waals surface area contributed by atoms with Crippen molar-refractivity contribution in [1.82, 2.24) is 4.72 Å². The number of nitrogens with one attached hydrogen (secondary N) is 1. The average molecular weight is 273 g/mol. The lowest BCUT2D eigenvalue weighted by Crippen LogP contribution is -2.41. The number of hydrogen-bond acceptors (Lipinski definition) is 1. The molecule has 2 nitrogen and oxygen atoms in total. The Morgan fingerprint density at radius 1 is 1.00 bits per heavy atom. The molecule has 1 saturated carbocycles. The van der Waals surface area contributed by atoms with E-state index in [0.717, 1.165) is 0 Å². The summed E-state index contributed by atoms with van der Waals surface area (Å²) in [5, 5.41) is 0. The van der Waals surface area contributed by atoms with Crippen LogP contribution in [0.3, 0.4) is 0 Å². The molecule has 1 aliphatic rings. The lowest BCUT2D eigenvalue weighted by atomic mass is 9.91. The third-order valence-electron chi connectivity index (χ3n) is 3.96. The first-order valence-electron chi connectivity index (χ1n) is 7.59. The first-order chi connectivity index (χ1) is 8.41. The van der Waals surface area contributed by atoms with Crippen LogP contribution in [-0.2, 0) is 11.0 Å². The summed E-state index contributed by atoms with van der Waals surface area (Å²) in [5.41, 5.74) is 0. The molecular formula is C15H31NOS. The monoisotopic (exact) mass is 273 g/mol. The van der Waals surface area contributed by atoms with Crippen LogP contribution in [-0.4, -0.2) is 15.0 Å². The Morgan fingerprint density at radius 3 is 1.89 bits per heavy atom. The van der Waals surface area contributed by atoms with E-state index in [1.54, 1.807) is 0 Å². The fraction of sp³-hybridized carbons (Fsp3) is 1.00. The van der Waals surface area contributed by atoms with Crippen LogP contribution in [0.1, 0.15) is 79.1 Å². The van der Waals surface area contributed by atoms with Crippen LogP contribution < -0.4 is 4.72 Å². The van der Waals surface area contributed by atoms with Gasteiger partial charge < -0.3 is 0 Å². The van der Waals surface area contributed by atoms with Gasteiger partial charge in [0.2, 0.25) is 0 Å². The smallest absolute Gasteiger partial charge is 0.0972 e. The maximum Gasteiger partial charge on any atom is 0.0972 e.